The van der Waals surface area contributed by atoms with Crippen LogP contribution in [0.25, 0.3) is 0 Å². The predicted molar refractivity (Wildman–Crippen MR) is 75.2 cm³/mol. The van der Waals surface area contributed by atoms with E-state index in [9.17, 15) is 14.7 Å². The van der Waals surface area contributed by atoms with E-state index in [0.717, 1.165) is 45.1 Å². The number of urea groups is 1. The van der Waals surface area contributed by atoms with Gasteiger partial charge in [0.15, 0.2) is 0 Å². The molecule has 0 aromatic carbocycles. The van der Waals surface area contributed by atoms with Crippen molar-refractivity contribution in [2.75, 3.05) is 13.1 Å². The molecule has 2 rings (SSSR count). The van der Waals surface area contributed by atoms with Crippen molar-refractivity contribution in [3.8, 4) is 0 Å². The maximum absolute atomic E-state index is 12.0. The van der Waals surface area contributed by atoms with Gasteiger partial charge in [0.25, 0.3) is 0 Å². The highest BCUT2D eigenvalue weighted by molar-refractivity contribution is 5.96. The second-order valence-electron chi connectivity index (χ2n) is 5.91. The van der Waals surface area contributed by atoms with Crippen molar-refractivity contribution in [2.24, 2.45) is 0 Å². The van der Waals surface area contributed by atoms with Crippen LogP contribution in [0.5, 0.6) is 0 Å². The van der Waals surface area contributed by atoms with Crippen molar-refractivity contribution in [1.29, 1.82) is 0 Å². The van der Waals surface area contributed by atoms with Crippen LogP contribution in [0.15, 0.2) is 0 Å². The van der Waals surface area contributed by atoms with Crippen LogP contribution in [0.2, 0.25) is 0 Å². The SMILES string of the molecule is C[C@H](C(=O)NC(=O)NC1CCCC1)N1CCC[C@H](O)C1. The number of β-amino-alcohol motifs (C(OH)–C–C–N with tert-alkyl or cyclic N) is 1. The number of carbonyl (C=O) groups is 2. The van der Waals surface area contributed by atoms with Crippen LogP contribution < -0.4 is 10.6 Å². The summed E-state index contributed by atoms with van der Waals surface area (Å²) >= 11 is 0. The number of imide groups is 1. The number of piperidine rings is 1. The van der Waals surface area contributed by atoms with Crippen molar-refractivity contribution in [1.82, 2.24) is 15.5 Å². The summed E-state index contributed by atoms with van der Waals surface area (Å²) in [5.41, 5.74) is 0. The topological polar surface area (TPSA) is 81.7 Å². The Bertz CT molecular complexity index is 356. The van der Waals surface area contributed by atoms with Gasteiger partial charge in [-0.1, -0.05) is 12.8 Å². The number of amides is 3. The number of nitrogens with one attached hydrogen (secondary N) is 2. The molecule has 0 spiro atoms. The summed E-state index contributed by atoms with van der Waals surface area (Å²) in [6, 6.07) is -0.583. The first kappa shape index (κ1) is 15.3. The molecule has 114 valence electrons. The minimum absolute atomic E-state index is 0.204. The summed E-state index contributed by atoms with van der Waals surface area (Å²) in [7, 11) is 0. The third-order valence-electron chi connectivity index (χ3n) is 4.28. The zero-order chi connectivity index (χ0) is 14.5. The molecular formula is C14H25N3O3. The number of hydrogen-bond acceptors (Lipinski definition) is 4. The Balaban J connectivity index is 1.76. The molecule has 6 nitrogen and oxygen atoms in total. The molecule has 0 unspecified atom stereocenters. The lowest BCUT2D eigenvalue weighted by molar-refractivity contribution is -0.125. The number of hydrogen-bond donors (Lipinski definition) is 3. The first-order valence-electron chi connectivity index (χ1n) is 7.59. The third-order valence-corrected chi connectivity index (χ3v) is 4.28. The molecule has 3 N–H and O–H groups in total. The van der Waals surface area contributed by atoms with Crippen molar-refractivity contribution >= 4 is 11.9 Å². The van der Waals surface area contributed by atoms with Gasteiger partial charge in [-0.05, 0) is 39.2 Å². The van der Waals surface area contributed by atoms with Gasteiger partial charge in [-0.2, -0.15) is 0 Å². The molecule has 1 heterocycles. The molecule has 1 saturated heterocycles. The van der Waals surface area contributed by atoms with Gasteiger partial charge in [0.2, 0.25) is 5.91 Å². The van der Waals surface area contributed by atoms with Gasteiger partial charge < -0.3 is 10.4 Å². The van der Waals surface area contributed by atoms with Crippen LogP contribution in [-0.4, -0.2) is 53.2 Å². The monoisotopic (exact) mass is 283 g/mol. The number of aliphatic hydroxyl groups is 1. The van der Waals surface area contributed by atoms with Crippen molar-refractivity contribution in [3.05, 3.63) is 0 Å². The lowest BCUT2D eigenvalue weighted by Gasteiger charge is -2.33. The van der Waals surface area contributed by atoms with E-state index in [-0.39, 0.29) is 24.1 Å². The molecule has 0 bridgehead atoms. The van der Waals surface area contributed by atoms with E-state index in [1.54, 1.807) is 6.92 Å². The van der Waals surface area contributed by atoms with Crippen LogP contribution in [0, 0.1) is 0 Å². The molecule has 1 saturated carbocycles. The second-order valence-corrected chi connectivity index (χ2v) is 5.91. The minimum Gasteiger partial charge on any atom is -0.392 e. The van der Waals surface area contributed by atoms with Gasteiger partial charge in [0.05, 0.1) is 12.1 Å². The fourth-order valence-electron chi connectivity index (χ4n) is 3.01. The highest BCUT2D eigenvalue weighted by Crippen LogP contribution is 2.17. The summed E-state index contributed by atoms with van der Waals surface area (Å²) in [6.07, 6.45) is 5.57. The first-order chi connectivity index (χ1) is 9.56. The Morgan fingerprint density at radius 2 is 1.90 bits per heavy atom. The van der Waals surface area contributed by atoms with E-state index >= 15 is 0 Å². The summed E-state index contributed by atoms with van der Waals surface area (Å²) in [5.74, 6) is -0.297. The molecule has 3 amide bonds. The fourth-order valence-corrected chi connectivity index (χ4v) is 3.01. The summed E-state index contributed by atoms with van der Waals surface area (Å²) < 4.78 is 0. The lowest BCUT2D eigenvalue weighted by Crippen LogP contribution is -2.53. The van der Waals surface area contributed by atoms with E-state index < -0.39 is 6.03 Å². The molecule has 0 aromatic rings. The van der Waals surface area contributed by atoms with Gasteiger partial charge in [-0.15, -0.1) is 0 Å². The minimum atomic E-state index is -0.397. The second kappa shape index (κ2) is 7.04. The Kier molecular flexibility index (Phi) is 5.37. The van der Waals surface area contributed by atoms with Crippen LogP contribution >= 0.6 is 0 Å². The molecule has 2 aliphatic rings. The van der Waals surface area contributed by atoms with Crippen molar-refractivity contribution < 1.29 is 14.7 Å². The molecule has 2 atom stereocenters. The third kappa shape index (κ3) is 4.18. The van der Waals surface area contributed by atoms with Gasteiger partial charge in [-0.25, -0.2) is 4.79 Å². The Morgan fingerprint density at radius 1 is 1.20 bits per heavy atom. The first-order valence-corrected chi connectivity index (χ1v) is 7.59. The fraction of sp³-hybridized carbons (Fsp3) is 0.857. The summed E-state index contributed by atoms with van der Waals surface area (Å²) in [4.78, 5) is 25.7. The quantitative estimate of drug-likeness (QED) is 0.708. The van der Waals surface area contributed by atoms with Crippen LogP contribution in [0.1, 0.15) is 45.4 Å². The van der Waals surface area contributed by atoms with Gasteiger partial charge >= 0.3 is 6.03 Å². The van der Waals surface area contributed by atoms with Crippen LogP contribution in [-0.2, 0) is 4.79 Å². The number of rotatable bonds is 3. The summed E-state index contributed by atoms with van der Waals surface area (Å²) in [6.45, 7) is 3.06. The highest BCUT2D eigenvalue weighted by atomic mass is 16.3. The van der Waals surface area contributed by atoms with Gasteiger partial charge in [0.1, 0.15) is 0 Å². The average molecular weight is 283 g/mol. The maximum atomic E-state index is 12.0. The standard InChI is InChI=1S/C14H25N3O3/c1-10(17-8-4-7-12(18)9-17)13(19)16-14(20)15-11-5-2-3-6-11/h10-12,18H,2-9H2,1H3,(H2,15,16,19,20)/t10-,12+/m1/s1. The van der Waals surface area contributed by atoms with Crippen molar-refractivity contribution in [3.63, 3.8) is 0 Å². The van der Waals surface area contributed by atoms with Crippen LogP contribution in [0.4, 0.5) is 4.79 Å². The molecular weight excluding hydrogens is 258 g/mol. The predicted octanol–water partition coefficient (Wildman–Crippen LogP) is 0.600. The molecule has 1 aliphatic carbocycles. The van der Waals surface area contributed by atoms with Gasteiger partial charge in [-0.3, -0.25) is 15.0 Å². The molecule has 6 heteroatoms. The maximum Gasteiger partial charge on any atom is 0.321 e. The Morgan fingerprint density at radius 3 is 2.55 bits per heavy atom. The van der Waals surface area contributed by atoms with E-state index in [4.69, 9.17) is 0 Å². The van der Waals surface area contributed by atoms with E-state index in [0.29, 0.717) is 6.54 Å². The molecule has 0 radical (unpaired) electrons. The van der Waals surface area contributed by atoms with E-state index in [2.05, 4.69) is 10.6 Å². The Labute approximate surface area is 119 Å². The number of aliphatic hydroxyl groups excluding tert-OH is 1. The highest BCUT2D eigenvalue weighted by Gasteiger charge is 2.27. The lowest BCUT2D eigenvalue weighted by atomic mass is 10.1. The largest absolute Gasteiger partial charge is 0.392 e. The molecule has 0 aromatic heterocycles. The summed E-state index contributed by atoms with van der Waals surface area (Å²) in [5, 5.41) is 14.9. The number of likely N-dealkylation sites (tertiary alicyclic amines) is 1. The van der Waals surface area contributed by atoms with E-state index in [1.165, 1.54) is 0 Å². The number of nitrogens with zero attached hydrogens (tertiary/aromatic N) is 1. The van der Waals surface area contributed by atoms with Crippen LogP contribution in [0.3, 0.4) is 0 Å². The molecule has 2 fully saturated rings. The zero-order valence-corrected chi connectivity index (χ0v) is 12.1. The normalized spacial score (nSPS) is 26.2. The number of carbonyl (C=O) groups excluding carboxylic acids is 2. The molecule has 20 heavy (non-hydrogen) atoms. The van der Waals surface area contributed by atoms with E-state index in [1.807, 2.05) is 4.90 Å². The van der Waals surface area contributed by atoms with Gasteiger partial charge in [0, 0.05) is 12.6 Å². The Hall–Kier alpha value is -1.14. The van der Waals surface area contributed by atoms with Crippen molar-refractivity contribution in [2.45, 2.75) is 63.6 Å². The molecule has 1 aliphatic heterocycles. The smallest absolute Gasteiger partial charge is 0.321 e. The average Bonchev–Trinajstić information content (AvgIpc) is 2.90. The zero-order valence-electron chi connectivity index (χ0n) is 12.1.